The van der Waals surface area contributed by atoms with Gasteiger partial charge in [0.05, 0.1) is 23.7 Å². The third-order valence-corrected chi connectivity index (χ3v) is 3.59. The molecule has 3 nitrogen and oxygen atoms in total. The van der Waals surface area contributed by atoms with Gasteiger partial charge in [0.15, 0.2) is 0 Å². The SMILES string of the molecule is COc1cc(Br)ccc1-c1nc2ccc(Cl)cc2[nH]1. The molecule has 0 bridgehead atoms. The molecule has 0 saturated heterocycles. The maximum absolute atomic E-state index is 5.97. The number of halogens is 2. The highest BCUT2D eigenvalue weighted by Gasteiger charge is 2.11. The fraction of sp³-hybridized carbons (Fsp3) is 0.0714. The summed E-state index contributed by atoms with van der Waals surface area (Å²) in [5.74, 6) is 1.53. The summed E-state index contributed by atoms with van der Waals surface area (Å²) in [7, 11) is 1.64. The molecule has 0 radical (unpaired) electrons. The minimum atomic E-state index is 0.686. The lowest BCUT2D eigenvalue weighted by molar-refractivity contribution is 0.416. The van der Waals surface area contributed by atoms with Gasteiger partial charge in [0.25, 0.3) is 0 Å². The monoisotopic (exact) mass is 336 g/mol. The third kappa shape index (κ3) is 2.33. The van der Waals surface area contributed by atoms with Crippen molar-refractivity contribution in [3.8, 4) is 17.1 Å². The number of imidazole rings is 1. The molecule has 0 unspecified atom stereocenters. The molecule has 0 spiro atoms. The Bertz CT molecular complexity index is 754. The van der Waals surface area contributed by atoms with Crippen LogP contribution in [0.25, 0.3) is 22.4 Å². The van der Waals surface area contributed by atoms with Crippen molar-refractivity contribution in [2.45, 2.75) is 0 Å². The largest absolute Gasteiger partial charge is 0.496 e. The van der Waals surface area contributed by atoms with Crippen molar-refractivity contribution in [2.75, 3.05) is 7.11 Å². The van der Waals surface area contributed by atoms with Gasteiger partial charge in [-0.1, -0.05) is 27.5 Å². The lowest BCUT2D eigenvalue weighted by Gasteiger charge is -2.06. The van der Waals surface area contributed by atoms with Crippen LogP contribution in [0.3, 0.4) is 0 Å². The first kappa shape index (κ1) is 12.5. The van der Waals surface area contributed by atoms with Crippen LogP contribution < -0.4 is 4.74 Å². The molecule has 0 aliphatic carbocycles. The number of hydrogen-bond donors (Lipinski definition) is 1. The van der Waals surface area contributed by atoms with Crippen LogP contribution in [0.2, 0.25) is 5.02 Å². The van der Waals surface area contributed by atoms with Gasteiger partial charge in [0, 0.05) is 9.50 Å². The lowest BCUT2D eigenvalue weighted by Crippen LogP contribution is -1.89. The van der Waals surface area contributed by atoms with E-state index in [9.17, 15) is 0 Å². The number of ether oxygens (including phenoxy) is 1. The fourth-order valence-corrected chi connectivity index (χ4v) is 2.48. The highest BCUT2D eigenvalue weighted by atomic mass is 79.9. The van der Waals surface area contributed by atoms with Gasteiger partial charge in [-0.3, -0.25) is 0 Å². The molecule has 96 valence electrons. The van der Waals surface area contributed by atoms with Gasteiger partial charge < -0.3 is 9.72 Å². The standard InChI is InChI=1S/C14H10BrClN2O/c1-19-13-6-8(15)2-4-10(13)14-17-11-5-3-9(16)7-12(11)18-14/h2-7H,1H3,(H,17,18). The van der Waals surface area contributed by atoms with Crippen molar-refractivity contribution < 1.29 is 4.74 Å². The Morgan fingerprint density at radius 1 is 1.21 bits per heavy atom. The van der Waals surface area contributed by atoms with Gasteiger partial charge in [0.2, 0.25) is 0 Å². The number of nitrogens with one attached hydrogen (secondary N) is 1. The predicted molar refractivity (Wildman–Crippen MR) is 80.8 cm³/mol. The molecule has 1 heterocycles. The van der Waals surface area contributed by atoms with Gasteiger partial charge in [-0.15, -0.1) is 0 Å². The van der Waals surface area contributed by atoms with Crippen LogP contribution in [0.15, 0.2) is 40.9 Å². The summed E-state index contributed by atoms with van der Waals surface area (Å²) in [5.41, 5.74) is 2.70. The summed E-state index contributed by atoms with van der Waals surface area (Å²) in [4.78, 5) is 7.81. The molecule has 0 amide bonds. The Kier molecular flexibility index (Phi) is 3.21. The average Bonchev–Trinajstić information content (AvgIpc) is 2.81. The number of benzene rings is 2. The normalized spacial score (nSPS) is 10.9. The number of aromatic amines is 1. The molecule has 0 fully saturated rings. The van der Waals surface area contributed by atoms with E-state index in [0.717, 1.165) is 32.6 Å². The Morgan fingerprint density at radius 2 is 2.05 bits per heavy atom. The van der Waals surface area contributed by atoms with Crippen LogP contribution in [0, 0.1) is 0 Å². The van der Waals surface area contributed by atoms with Crippen LogP contribution in [0.5, 0.6) is 5.75 Å². The first-order valence-corrected chi connectivity index (χ1v) is 6.83. The molecular weight excluding hydrogens is 328 g/mol. The highest BCUT2D eigenvalue weighted by molar-refractivity contribution is 9.10. The average molecular weight is 338 g/mol. The topological polar surface area (TPSA) is 37.9 Å². The molecule has 2 aromatic carbocycles. The molecule has 0 saturated carbocycles. The van der Waals surface area contributed by atoms with Gasteiger partial charge in [-0.2, -0.15) is 0 Å². The molecule has 1 aromatic heterocycles. The van der Waals surface area contributed by atoms with E-state index in [0.29, 0.717) is 5.02 Å². The molecule has 5 heteroatoms. The molecule has 0 aliphatic heterocycles. The fourth-order valence-electron chi connectivity index (χ4n) is 1.97. The van der Waals surface area contributed by atoms with E-state index < -0.39 is 0 Å². The lowest BCUT2D eigenvalue weighted by atomic mass is 10.2. The summed E-state index contributed by atoms with van der Waals surface area (Å²) in [6, 6.07) is 11.4. The van der Waals surface area contributed by atoms with E-state index >= 15 is 0 Å². The zero-order valence-electron chi connectivity index (χ0n) is 10.1. The second-order valence-corrected chi connectivity index (χ2v) is 5.44. The predicted octanol–water partition coefficient (Wildman–Crippen LogP) is 4.65. The summed E-state index contributed by atoms with van der Waals surface area (Å²) in [6.07, 6.45) is 0. The van der Waals surface area contributed by atoms with E-state index in [4.69, 9.17) is 16.3 Å². The van der Waals surface area contributed by atoms with Crippen molar-refractivity contribution >= 4 is 38.6 Å². The Hall–Kier alpha value is -1.52. The summed E-state index contributed by atoms with van der Waals surface area (Å²) >= 11 is 9.40. The Morgan fingerprint density at radius 3 is 2.84 bits per heavy atom. The number of nitrogens with zero attached hydrogens (tertiary/aromatic N) is 1. The summed E-state index contributed by atoms with van der Waals surface area (Å²) in [6.45, 7) is 0. The van der Waals surface area contributed by atoms with E-state index in [-0.39, 0.29) is 0 Å². The van der Waals surface area contributed by atoms with Crippen LogP contribution in [-0.4, -0.2) is 17.1 Å². The second-order valence-electron chi connectivity index (χ2n) is 4.09. The maximum Gasteiger partial charge on any atom is 0.142 e. The Labute approximate surface area is 123 Å². The van der Waals surface area contributed by atoms with E-state index in [2.05, 4.69) is 25.9 Å². The van der Waals surface area contributed by atoms with Crippen molar-refractivity contribution in [3.63, 3.8) is 0 Å². The second kappa shape index (κ2) is 4.87. The molecular formula is C14H10BrClN2O. The molecule has 3 aromatic rings. The number of fused-ring (bicyclic) bond motifs is 1. The van der Waals surface area contributed by atoms with Gasteiger partial charge >= 0.3 is 0 Å². The van der Waals surface area contributed by atoms with Crippen molar-refractivity contribution in [2.24, 2.45) is 0 Å². The quantitative estimate of drug-likeness (QED) is 0.739. The van der Waals surface area contributed by atoms with Crippen LogP contribution in [-0.2, 0) is 0 Å². The number of methoxy groups -OCH3 is 1. The van der Waals surface area contributed by atoms with Gasteiger partial charge in [-0.25, -0.2) is 4.98 Å². The molecule has 1 N–H and O–H groups in total. The number of H-pyrrole nitrogens is 1. The molecule has 3 rings (SSSR count). The number of aromatic nitrogens is 2. The number of hydrogen-bond acceptors (Lipinski definition) is 2. The minimum absolute atomic E-state index is 0.686. The molecule has 0 aliphatic rings. The van der Waals surface area contributed by atoms with E-state index in [1.807, 2.05) is 36.4 Å². The maximum atomic E-state index is 5.97. The van der Waals surface area contributed by atoms with Gasteiger partial charge in [-0.05, 0) is 36.4 Å². The molecule has 0 atom stereocenters. The van der Waals surface area contributed by atoms with Crippen LogP contribution in [0.1, 0.15) is 0 Å². The smallest absolute Gasteiger partial charge is 0.142 e. The third-order valence-electron chi connectivity index (χ3n) is 2.86. The summed E-state index contributed by atoms with van der Waals surface area (Å²) in [5, 5.41) is 0.686. The van der Waals surface area contributed by atoms with Crippen LogP contribution in [0.4, 0.5) is 0 Å². The van der Waals surface area contributed by atoms with Crippen molar-refractivity contribution in [1.29, 1.82) is 0 Å². The zero-order chi connectivity index (χ0) is 13.4. The van der Waals surface area contributed by atoms with Crippen LogP contribution >= 0.6 is 27.5 Å². The Balaban J connectivity index is 2.18. The van der Waals surface area contributed by atoms with E-state index in [1.54, 1.807) is 7.11 Å². The first-order valence-electron chi connectivity index (χ1n) is 5.66. The molecule has 19 heavy (non-hydrogen) atoms. The van der Waals surface area contributed by atoms with Gasteiger partial charge in [0.1, 0.15) is 11.6 Å². The number of rotatable bonds is 2. The highest BCUT2D eigenvalue weighted by Crippen LogP contribution is 2.32. The van der Waals surface area contributed by atoms with E-state index in [1.165, 1.54) is 0 Å². The minimum Gasteiger partial charge on any atom is -0.496 e. The van der Waals surface area contributed by atoms with Crippen molar-refractivity contribution in [3.05, 3.63) is 45.9 Å². The van der Waals surface area contributed by atoms with Crippen molar-refractivity contribution in [1.82, 2.24) is 9.97 Å². The first-order chi connectivity index (χ1) is 9.17. The zero-order valence-corrected chi connectivity index (χ0v) is 12.4. The summed E-state index contributed by atoms with van der Waals surface area (Å²) < 4.78 is 6.35.